The molecule has 3 rings (SSSR count). The van der Waals surface area contributed by atoms with Crippen molar-refractivity contribution < 1.29 is 14.6 Å². The molecule has 0 aliphatic rings. The summed E-state index contributed by atoms with van der Waals surface area (Å²) >= 11 is 7.16. The topological polar surface area (TPSA) is 59.4 Å². The van der Waals surface area contributed by atoms with Gasteiger partial charge in [0, 0.05) is 28.4 Å². The number of esters is 1. The van der Waals surface area contributed by atoms with E-state index in [-0.39, 0.29) is 0 Å². The van der Waals surface area contributed by atoms with Crippen molar-refractivity contribution >= 4 is 39.0 Å². The molecule has 0 saturated carbocycles. The molecule has 2 aromatic heterocycles. The molecule has 0 aliphatic carbocycles. The highest BCUT2D eigenvalue weighted by molar-refractivity contribution is 7.20. The number of aliphatic hydroxyl groups excluding tert-OH is 1. The average molecular weight is 334 g/mol. The van der Waals surface area contributed by atoms with Crippen LogP contribution in [-0.2, 0) is 4.74 Å². The van der Waals surface area contributed by atoms with E-state index in [0.29, 0.717) is 21.0 Å². The van der Waals surface area contributed by atoms with Crippen LogP contribution in [0.4, 0.5) is 0 Å². The van der Waals surface area contributed by atoms with Crippen molar-refractivity contribution in [3.63, 3.8) is 0 Å². The van der Waals surface area contributed by atoms with Crippen LogP contribution in [0.25, 0.3) is 10.1 Å². The maximum absolute atomic E-state index is 11.7. The smallest absolute Gasteiger partial charge is 0.348 e. The first-order valence-corrected chi connectivity index (χ1v) is 7.69. The third kappa shape index (κ3) is 2.70. The third-order valence-corrected chi connectivity index (χ3v) is 4.65. The minimum atomic E-state index is -0.839. The van der Waals surface area contributed by atoms with Gasteiger partial charge in [-0.25, -0.2) is 4.79 Å². The van der Waals surface area contributed by atoms with Gasteiger partial charge in [-0.2, -0.15) is 0 Å². The number of nitrogens with zero attached hydrogens (tertiary/aromatic N) is 1. The molecule has 2 heterocycles. The number of carbonyl (C=O) groups is 1. The molecule has 0 fully saturated rings. The molecule has 112 valence electrons. The number of thiophene rings is 1. The van der Waals surface area contributed by atoms with Crippen LogP contribution in [0.3, 0.4) is 0 Å². The fourth-order valence-electron chi connectivity index (χ4n) is 2.23. The molecule has 4 nitrogen and oxygen atoms in total. The lowest BCUT2D eigenvalue weighted by Gasteiger charge is -2.12. The maximum Gasteiger partial charge on any atom is 0.348 e. The summed E-state index contributed by atoms with van der Waals surface area (Å²) in [6.45, 7) is 0. The number of carbonyl (C=O) groups excluding carboxylic acids is 1. The molecule has 0 saturated heterocycles. The van der Waals surface area contributed by atoms with E-state index in [4.69, 9.17) is 16.3 Å². The van der Waals surface area contributed by atoms with E-state index in [1.165, 1.54) is 18.4 Å². The summed E-state index contributed by atoms with van der Waals surface area (Å²) in [5, 5.41) is 12.0. The molecular formula is C16H12ClNO3S. The highest BCUT2D eigenvalue weighted by atomic mass is 35.5. The quantitative estimate of drug-likeness (QED) is 0.740. The number of aliphatic hydroxyl groups is 1. The highest BCUT2D eigenvalue weighted by Crippen LogP contribution is 2.33. The molecule has 1 atom stereocenters. The number of halogens is 1. The van der Waals surface area contributed by atoms with E-state index in [9.17, 15) is 9.90 Å². The molecule has 6 heteroatoms. The normalized spacial score (nSPS) is 12.3. The highest BCUT2D eigenvalue weighted by Gasteiger charge is 2.18. The predicted molar refractivity (Wildman–Crippen MR) is 86.5 cm³/mol. The van der Waals surface area contributed by atoms with Crippen molar-refractivity contribution in [1.82, 2.24) is 4.98 Å². The van der Waals surface area contributed by atoms with E-state index >= 15 is 0 Å². The van der Waals surface area contributed by atoms with E-state index in [0.717, 1.165) is 10.1 Å². The zero-order chi connectivity index (χ0) is 15.7. The van der Waals surface area contributed by atoms with Crippen LogP contribution in [0.1, 0.15) is 26.9 Å². The minimum Gasteiger partial charge on any atom is -0.465 e. The van der Waals surface area contributed by atoms with Gasteiger partial charge in [0.25, 0.3) is 0 Å². The summed E-state index contributed by atoms with van der Waals surface area (Å²) in [6.07, 6.45) is 2.44. The molecule has 0 bridgehead atoms. The summed E-state index contributed by atoms with van der Waals surface area (Å²) in [5.74, 6) is -0.395. The Morgan fingerprint density at radius 1 is 1.32 bits per heavy atom. The van der Waals surface area contributed by atoms with Crippen molar-refractivity contribution in [2.45, 2.75) is 6.10 Å². The molecule has 0 aliphatic heterocycles. The number of methoxy groups -OCH3 is 1. The molecule has 1 unspecified atom stereocenters. The molecule has 1 aromatic carbocycles. The number of rotatable bonds is 3. The lowest BCUT2D eigenvalue weighted by Crippen LogP contribution is -2.00. The van der Waals surface area contributed by atoms with Crippen molar-refractivity contribution in [3.05, 3.63) is 63.8 Å². The number of fused-ring (bicyclic) bond motifs is 1. The molecule has 0 spiro atoms. The Hall–Kier alpha value is -1.95. The number of hydrogen-bond donors (Lipinski definition) is 1. The van der Waals surface area contributed by atoms with E-state index in [1.54, 1.807) is 42.7 Å². The number of ether oxygens (including phenoxy) is 1. The zero-order valence-corrected chi connectivity index (χ0v) is 13.2. The summed E-state index contributed by atoms with van der Waals surface area (Å²) in [7, 11) is 1.34. The third-order valence-electron chi connectivity index (χ3n) is 3.34. The number of pyridine rings is 1. The Kier molecular flexibility index (Phi) is 4.11. The second-order valence-electron chi connectivity index (χ2n) is 4.70. The van der Waals surface area contributed by atoms with E-state index in [2.05, 4.69) is 4.98 Å². The summed E-state index contributed by atoms with van der Waals surface area (Å²) in [6, 6.07) is 8.70. The average Bonchev–Trinajstić information content (AvgIpc) is 2.98. The molecule has 22 heavy (non-hydrogen) atoms. The Morgan fingerprint density at radius 3 is 2.73 bits per heavy atom. The number of hydrogen-bond acceptors (Lipinski definition) is 5. The van der Waals surface area contributed by atoms with Gasteiger partial charge in [0.1, 0.15) is 11.0 Å². The zero-order valence-electron chi connectivity index (χ0n) is 11.6. The summed E-state index contributed by atoms with van der Waals surface area (Å²) in [5.41, 5.74) is 1.36. The van der Waals surface area contributed by atoms with E-state index < -0.39 is 12.1 Å². The van der Waals surface area contributed by atoms with Crippen LogP contribution < -0.4 is 0 Å². The fraction of sp³-hybridized carbons (Fsp3) is 0.125. The monoisotopic (exact) mass is 333 g/mol. The molecule has 0 radical (unpaired) electrons. The molecular weight excluding hydrogens is 322 g/mol. The first-order valence-electron chi connectivity index (χ1n) is 6.49. The van der Waals surface area contributed by atoms with Crippen molar-refractivity contribution in [1.29, 1.82) is 0 Å². The molecule has 3 aromatic rings. The standard InChI is InChI=1S/C16H12ClNO3S/c1-21-16(20)13-6-11-12(7-18-8-14(11)22-13)15(19)9-2-4-10(17)5-3-9/h2-8,15,19H,1H3. The second-order valence-corrected chi connectivity index (χ2v) is 6.22. The summed E-state index contributed by atoms with van der Waals surface area (Å²) in [4.78, 5) is 16.3. The van der Waals surface area contributed by atoms with Gasteiger partial charge in [0.15, 0.2) is 0 Å². The molecule has 1 N–H and O–H groups in total. The SMILES string of the molecule is COC(=O)c1cc2c(C(O)c3ccc(Cl)cc3)cncc2s1. The Labute approximate surface area is 135 Å². The van der Waals surface area contributed by atoms with E-state index in [1.807, 2.05) is 0 Å². The Balaban J connectivity index is 2.08. The van der Waals surface area contributed by atoms with Gasteiger partial charge in [0.05, 0.1) is 11.8 Å². The van der Waals surface area contributed by atoms with Crippen molar-refractivity contribution in [2.24, 2.45) is 0 Å². The second kappa shape index (κ2) is 6.04. The van der Waals surface area contributed by atoms with Gasteiger partial charge in [-0.3, -0.25) is 4.98 Å². The first kappa shape index (κ1) is 15.0. The number of aromatic nitrogens is 1. The lowest BCUT2D eigenvalue weighted by molar-refractivity contribution is 0.0606. The lowest BCUT2D eigenvalue weighted by atomic mass is 10.0. The van der Waals surface area contributed by atoms with Crippen molar-refractivity contribution in [2.75, 3.05) is 7.11 Å². The van der Waals surface area contributed by atoms with Crippen LogP contribution in [0.5, 0.6) is 0 Å². The van der Waals surface area contributed by atoms with Gasteiger partial charge in [0.2, 0.25) is 0 Å². The van der Waals surface area contributed by atoms with Crippen molar-refractivity contribution in [3.8, 4) is 0 Å². The van der Waals surface area contributed by atoms with Crippen LogP contribution in [0.15, 0.2) is 42.7 Å². The van der Waals surface area contributed by atoms with Gasteiger partial charge in [-0.15, -0.1) is 11.3 Å². The largest absolute Gasteiger partial charge is 0.465 e. The Morgan fingerprint density at radius 2 is 2.05 bits per heavy atom. The van der Waals surface area contributed by atoms with Crippen LogP contribution in [-0.4, -0.2) is 23.2 Å². The first-order chi connectivity index (χ1) is 10.6. The molecule has 0 amide bonds. The minimum absolute atomic E-state index is 0.395. The predicted octanol–water partition coefficient (Wildman–Crippen LogP) is 3.82. The van der Waals surface area contributed by atoms with Gasteiger partial charge in [-0.05, 0) is 23.8 Å². The van der Waals surface area contributed by atoms with Crippen LogP contribution in [0, 0.1) is 0 Å². The van der Waals surface area contributed by atoms with Crippen LogP contribution >= 0.6 is 22.9 Å². The maximum atomic E-state index is 11.7. The van der Waals surface area contributed by atoms with Gasteiger partial charge < -0.3 is 9.84 Å². The van der Waals surface area contributed by atoms with Gasteiger partial charge >= 0.3 is 5.97 Å². The fourth-order valence-corrected chi connectivity index (χ4v) is 3.33. The number of benzene rings is 1. The summed E-state index contributed by atoms with van der Waals surface area (Å²) < 4.78 is 5.56. The van der Waals surface area contributed by atoms with Gasteiger partial charge in [-0.1, -0.05) is 23.7 Å². The van der Waals surface area contributed by atoms with Crippen LogP contribution in [0.2, 0.25) is 5.02 Å². The Bertz CT molecular complexity index is 829.